The van der Waals surface area contributed by atoms with Gasteiger partial charge in [0.25, 0.3) is 0 Å². The van der Waals surface area contributed by atoms with E-state index in [-0.39, 0.29) is 17.3 Å². The van der Waals surface area contributed by atoms with Crippen LogP contribution in [0.3, 0.4) is 0 Å². The Morgan fingerprint density at radius 3 is 2.65 bits per heavy atom. The van der Waals surface area contributed by atoms with Crippen LogP contribution < -0.4 is 0 Å². The Hall–Kier alpha value is -2.10. The molecule has 0 radical (unpaired) electrons. The van der Waals surface area contributed by atoms with Crippen LogP contribution in [0.25, 0.3) is 0 Å². The average molecular weight is 270 g/mol. The molecule has 0 bridgehead atoms. The van der Waals surface area contributed by atoms with Gasteiger partial charge < -0.3 is 5.11 Å². The van der Waals surface area contributed by atoms with Gasteiger partial charge in [-0.15, -0.1) is 0 Å². The normalized spacial score (nSPS) is 23.5. The van der Waals surface area contributed by atoms with Gasteiger partial charge in [-0.1, -0.05) is 44.2 Å². The number of carboxylic acid groups (broad SMARTS) is 1. The molecule has 1 aromatic heterocycles. The Morgan fingerprint density at radius 1 is 1.35 bits per heavy atom. The molecular formula is C16H18N2O2. The number of hydrogen-bond acceptors (Lipinski definition) is 2. The summed E-state index contributed by atoms with van der Waals surface area (Å²) in [6, 6.07) is 10.1. The zero-order valence-electron chi connectivity index (χ0n) is 11.7. The summed E-state index contributed by atoms with van der Waals surface area (Å²) in [6.07, 6.45) is 3.78. The summed E-state index contributed by atoms with van der Waals surface area (Å²) in [7, 11) is 0. The van der Waals surface area contributed by atoms with Crippen molar-refractivity contribution in [2.45, 2.75) is 26.3 Å². The maximum absolute atomic E-state index is 11.2. The smallest absolute Gasteiger partial charge is 0.307 e. The van der Waals surface area contributed by atoms with Crippen LogP contribution in [0.4, 0.5) is 0 Å². The number of aromatic nitrogens is 2. The lowest BCUT2D eigenvalue weighted by atomic mass is 10.1. The van der Waals surface area contributed by atoms with Gasteiger partial charge in [-0.05, 0) is 16.5 Å². The van der Waals surface area contributed by atoms with E-state index in [1.165, 1.54) is 5.56 Å². The number of nitrogens with zero attached hydrogens (tertiary/aromatic N) is 2. The van der Waals surface area contributed by atoms with Crippen LogP contribution in [0.1, 0.15) is 30.9 Å². The molecule has 4 nitrogen and oxygen atoms in total. The van der Waals surface area contributed by atoms with Crippen molar-refractivity contribution >= 4 is 5.97 Å². The summed E-state index contributed by atoms with van der Waals surface area (Å²) < 4.78 is 1.87. The molecule has 104 valence electrons. The highest BCUT2D eigenvalue weighted by molar-refractivity contribution is 5.77. The van der Waals surface area contributed by atoms with Crippen molar-refractivity contribution in [1.29, 1.82) is 0 Å². The van der Waals surface area contributed by atoms with Crippen LogP contribution in [0, 0.1) is 11.3 Å². The zero-order chi connectivity index (χ0) is 14.3. The number of rotatable bonds is 4. The van der Waals surface area contributed by atoms with E-state index in [4.69, 9.17) is 0 Å². The number of aliphatic carboxylic acids is 1. The molecule has 1 aromatic carbocycles. The number of carbonyl (C=O) groups is 1. The van der Waals surface area contributed by atoms with Gasteiger partial charge in [0.15, 0.2) is 0 Å². The van der Waals surface area contributed by atoms with Gasteiger partial charge in [0, 0.05) is 12.1 Å². The van der Waals surface area contributed by atoms with E-state index in [2.05, 4.69) is 17.2 Å². The van der Waals surface area contributed by atoms with E-state index >= 15 is 0 Å². The van der Waals surface area contributed by atoms with Crippen molar-refractivity contribution in [1.82, 2.24) is 9.78 Å². The molecule has 0 spiro atoms. The Balaban J connectivity index is 1.77. The Bertz CT molecular complexity index is 631. The molecule has 1 aliphatic rings. The number of benzene rings is 1. The third-order valence-corrected chi connectivity index (χ3v) is 4.29. The molecule has 0 unspecified atom stereocenters. The molecule has 20 heavy (non-hydrogen) atoms. The van der Waals surface area contributed by atoms with Crippen molar-refractivity contribution < 1.29 is 9.90 Å². The van der Waals surface area contributed by atoms with E-state index in [1.807, 2.05) is 42.9 Å². The second-order valence-corrected chi connectivity index (χ2v) is 6.07. The fourth-order valence-corrected chi connectivity index (χ4v) is 3.12. The Morgan fingerprint density at radius 2 is 2.05 bits per heavy atom. The summed E-state index contributed by atoms with van der Waals surface area (Å²) >= 11 is 0. The van der Waals surface area contributed by atoms with Crippen LogP contribution in [0.15, 0.2) is 42.7 Å². The second-order valence-electron chi connectivity index (χ2n) is 6.07. The zero-order valence-corrected chi connectivity index (χ0v) is 11.7. The molecule has 0 saturated heterocycles. The van der Waals surface area contributed by atoms with Crippen LogP contribution in [0.2, 0.25) is 0 Å². The third-order valence-electron chi connectivity index (χ3n) is 4.29. The van der Waals surface area contributed by atoms with Crippen LogP contribution in [-0.2, 0) is 11.3 Å². The van der Waals surface area contributed by atoms with Gasteiger partial charge in [0.1, 0.15) is 0 Å². The van der Waals surface area contributed by atoms with Gasteiger partial charge in [0.05, 0.1) is 18.7 Å². The van der Waals surface area contributed by atoms with E-state index in [1.54, 1.807) is 6.20 Å². The lowest BCUT2D eigenvalue weighted by Gasteiger charge is -2.01. The fourth-order valence-electron chi connectivity index (χ4n) is 3.12. The molecule has 3 rings (SSSR count). The van der Waals surface area contributed by atoms with E-state index < -0.39 is 5.97 Å². The van der Waals surface area contributed by atoms with Gasteiger partial charge in [-0.2, -0.15) is 5.10 Å². The molecule has 2 atom stereocenters. The lowest BCUT2D eigenvalue weighted by molar-refractivity contribution is -0.139. The van der Waals surface area contributed by atoms with Gasteiger partial charge in [-0.3, -0.25) is 9.48 Å². The molecule has 1 saturated carbocycles. The summed E-state index contributed by atoms with van der Waals surface area (Å²) in [5, 5.41) is 13.6. The molecule has 1 aliphatic carbocycles. The first-order valence-corrected chi connectivity index (χ1v) is 6.79. The van der Waals surface area contributed by atoms with Crippen molar-refractivity contribution in [3.05, 3.63) is 53.9 Å². The summed E-state index contributed by atoms with van der Waals surface area (Å²) in [6.45, 7) is 4.72. The minimum atomic E-state index is -0.712. The van der Waals surface area contributed by atoms with Crippen molar-refractivity contribution in [2.75, 3.05) is 0 Å². The maximum Gasteiger partial charge on any atom is 0.307 e. The molecular weight excluding hydrogens is 252 g/mol. The molecule has 4 heteroatoms. The number of hydrogen-bond donors (Lipinski definition) is 1. The average Bonchev–Trinajstić information content (AvgIpc) is 2.76. The molecule has 0 aliphatic heterocycles. The van der Waals surface area contributed by atoms with Crippen molar-refractivity contribution in [3.63, 3.8) is 0 Å². The standard InChI is InChI=1S/C16H18N2O2/c1-16(2)13(14(16)15(19)20)12-8-17-18(10-12)9-11-6-4-3-5-7-11/h3-8,10,13-14H,9H2,1-2H3,(H,19,20)/t13-,14+/m1/s1. The first-order valence-electron chi connectivity index (χ1n) is 6.79. The monoisotopic (exact) mass is 270 g/mol. The quantitative estimate of drug-likeness (QED) is 0.929. The Kier molecular flexibility index (Phi) is 2.89. The van der Waals surface area contributed by atoms with Gasteiger partial charge in [0.2, 0.25) is 0 Å². The van der Waals surface area contributed by atoms with Crippen molar-refractivity contribution in [3.8, 4) is 0 Å². The highest BCUT2D eigenvalue weighted by Gasteiger charge is 2.63. The molecule has 0 amide bonds. The predicted molar refractivity (Wildman–Crippen MR) is 75.4 cm³/mol. The molecule has 1 heterocycles. The third kappa shape index (κ3) is 2.11. The fraction of sp³-hybridized carbons (Fsp3) is 0.375. The summed E-state index contributed by atoms with van der Waals surface area (Å²) in [5.41, 5.74) is 2.04. The minimum Gasteiger partial charge on any atom is -0.481 e. The van der Waals surface area contributed by atoms with Gasteiger partial charge in [-0.25, -0.2) is 0 Å². The van der Waals surface area contributed by atoms with Crippen LogP contribution in [0.5, 0.6) is 0 Å². The SMILES string of the molecule is CC1(C)[C@H](C(=O)O)[C@H]1c1cnn(Cc2ccccc2)c1. The van der Waals surface area contributed by atoms with Gasteiger partial charge >= 0.3 is 5.97 Å². The highest BCUT2D eigenvalue weighted by atomic mass is 16.4. The van der Waals surface area contributed by atoms with E-state index in [0.717, 1.165) is 5.56 Å². The summed E-state index contributed by atoms with van der Waals surface area (Å²) in [4.78, 5) is 11.2. The lowest BCUT2D eigenvalue weighted by Crippen LogP contribution is -2.03. The Labute approximate surface area is 118 Å². The first-order chi connectivity index (χ1) is 9.50. The van der Waals surface area contributed by atoms with Crippen LogP contribution >= 0.6 is 0 Å². The molecule has 1 N–H and O–H groups in total. The molecule has 1 fully saturated rings. The highest BCUT2D eigenvalue weighted by Crippen LogP contribution is 2.64. The second kappa shape index (κ2) is 4.47. The van der Waals surface area contributed by atoms with E-state index in [9.17, 15) is 9.90 Å². The number of carboxylic acids is 1. The molecule has 2 aromatic rings. The minimum absolute atomic E-state index is 0.0736. The predicted octanol–water partition coefficient (Wildman–Crippen LogP) is 2.76. The maximum atomic E-state index is 11.2. The van der Waals surface area contributed by atoms with Crippen LogP contribution in [-0.4, -0.2) is 20.9 Å². The first kappa shape index (κ1) is 12.9. The topological polar surface area (TPSA) is 55.1 Å². The summed E-state index contributed by atoms with van der Waals surface area (Å²) in [5.74, 6) is -0.933. The largest absolute Gasteiger partial charge is 0.481 e. The van der Waals surface area contributed by atoms with E-state index in [0.29, 0.717) is 6.54 Å². The van der Waals surface area contributed by atoms with Crippen molar-refractivity contribution in [2.24, 2.45) is 11.3 Å².